The van der Waals surface area contributed by atoms with Gasteiger partial charge in [-0.25, -0.2) is 0 Å². The Balaban J connectivity index is 3.19. The Kier molecular flexibility index (Phi) is 5.01. The fourth-order valence-corrected chi connectivity index (χ4v) is 2.07. The number of carbonyl (C=O) groups is 1. The molecular weight excluding hydrogens is 254 g/mol. The number of aliphatic carboxylic acids is 1. The molecule has 0 amide bonds. The highest BCUT2D eigenvalue weighted by molar-refractivity contribution is 6.30. The molecule has 0 aliphatic heterocycles. The van der Waals surface area contributed by atoms with E-state index in [0.29, 0.717) is 5.02 Å². The summed E-state index contributed by atoms with van der Waals surface area (Å²) in [4.78, 5) is 13.8. The first-order chi connectivity index (χ1) is 8.47. The Morgan fingerprint density at radius 2 is 1.94 bits per heavy atom. The molecule has 0 saturated carbocycles. The van der Waals surface area contributed by atoms with Gasteiger partial charge in [-0.05, 0) is 29.1 Å². The summed E-state index contributed by atoms with van der Waals surface area (Å²) in [5.74, 6) is -1.48. The van der Waals surface area contributed by atoms with Crippen molar-refractivity contribution in [3.8, 4) is 0 Å². The van der Waals surface area contributed by atoms with Crippen LogP contribution in [0.2, 0.25) is 5.02 Å². The zero-order valence-electron chi connectivity index (χ0n) is 10.1. The molecule has 1 rings (SSSR count). The molecule has 0 aromatic heterocycles. The Bertz CT molecular complexity index is 465. The predicted octanol–water partition coefficient (Wildman–Crippen LogP) is 3.84. The van der Waals surface area contributed by atoms with Crippen LogP contribution in [0.4, 0.5) is 0 Å². The SMILES string of the molecule is CC(C)[C@H](c1ccc(Cl)cc1)C(N=[N+]=[N-])C(=O)O. The Morgan fingerprint density at radius 3 is 2.33 bits per heavy atom. The molecule has 1 aromatic rings. The molecule has 0 heterocycles. The second-order valence-corrected chi connectivity index (χ2v) is 4.75. The van der Waals surface area contributed by atoms with Gasteiger partial charge in [-0.1, -0.05) is 42.7 Å². The second kappa shape index (κ2) is 6.28. The third-order valence-corrected chi connectivity index (χ3v) is 2.99. The van der Waals surface area contributed by atoms with Gasteiger partial charge in [0, 0.05) is 15.9 Å². The van der Waals surface area contributed by atoms with E-state index >= 15 is 0 Å². The van der Waals surface area contributed by atoms with Crippen molar-refractivity contribution < 1.29 is 9.90 Å². The number of benzene rings is 1. The van der Waals surface area contributed by atoms with E-state index in [1.807, 2.05) is 13.8 Å². The van der Waals surface area contributed by atoms with Crippen molar-refractivity contribution in [3.63, 3.8) is 0 Å². The largest absolute Gasteiger partial charge is 0.481 e. The van der Waals surface area contributed by atoms with Crippen LogP contribution in [0.1, 0.15) is 25.3 Å². The van der Waals surface area contributed by atoms with Crippen molar-refractivity contribution in [1.29, 1.82) is 0 Å². The van der Waals surface area contributed by atoms with Gasteiger partial charge < -0.3 is 5.11 Å². The van der Waals surface area contributed by atoms with Gasteiger partial charge in [-0.2, -0.15) is 0 Å². The molecule has 2 atom stereocenters. The predicted molar refractivity (Wildman–Crippen MR) is 69.6 cm³/mol. The van der Waals surface area contributed by atoms with Crippen molar-refractivity contribution >= 4 is 17.6 Å². The second-order valence-electron chi connectivity index (χ2n) is 4.31. The van der Waals surface area contributed by atoms with E-state index in [1.165, 1.54) is 0 Å². The van der Waals surface area contributed by atoms with Crippen LogP contribution in [0.3, 0.4) is 0 Å². The van der Waals surface area contributed by atoms with Crippen LogP contribution >= 0.6 is 11.6 Å². The van der Waals surface area contributed by atoms with Crippen molar-refractivity contribution in [2.24, 2.45) is 11.0 Å². The van der Waals surface area contributed by atoms with Crippen LogP contribution in [0, 0.1) is 5.92 Å². The maximum Gasteiger partial charge on any atom is 0.313 e. The van der Waals surface area contributed by atoms with Gasteiger partial charge in [0.2, 0.25) is 0 Å². The molecule has 5 nitrogen and oxygen atoms in total. The van der Waals surface area contributed by atoms with E-state index in [4.69, 9.17) is 22.2 Å². The summed E-state index contributed by atoms with van der Waals surface area (Å²) in [6.45, 7) is 3.78. The van der Waals surface area contributed by atoms with E-state index in [2.05, 4.69) is 10.0 Å². The number of carboxylic acids is 1. The maximum atomic E-state index is 11.2. The van der Waals surface area contributed by atoms with Crippen LogP contribution < -0.4 is 0 Å². The van der Waals surface area contributed by atoms with Crippen LogP contribution in [-0.4, -0.2) is 17.1 Å². The third kappa shape index (κ3) is 3.39. The molecule has 0 aliphatic carbocycles. The molecule has 6 heteroatoms. The molecular formula is C12H14ClN3O2. The van der Waals surface area contributed by atoms with Crippen molar-refractivity contribution in [2.75, 3.05) is 0 Å². The summed E-state index contributed by atoms with van der Waals surface area (Å²) in [5.41, 5.74) is 9.28. The number of azide groups is 1. The minimum Gasteiger partial charge on any atom is -0.481 e. The molecule has 0 aliphatic rings. The highest BCUT2D eigenvalue weighted by Crippen LogP contribution is 2.31. The number of hydrogen-bond donors (Lipinski definition) is 1. The molecule has 18 heavy (non-hydrogen) atoms. The summed E-state index contributed by atoms with van der Waals surface area (Å²) in [6, 6.07) is 5.80. The average Bonchev–Trinajstić information content (AvgIpc) is 2.30. The highest BCUT2D eigenvalue weighted by atomic mass is 35.5. The van der Waals surface area contributed by atoms with Crippen molar-refractivity contribution in [2.45, 2.75) is 25.8 Å². The fourth-order valence-electron chi connectivity index (χ4n) is 1.95. The first-order valence-corrected chi connectivity index (χ1v) is 5.87. The van der Waals surface area contributed by atoms with Crippen LogP contribution in [0.15, 0.2) is 29.4 Å². The molecule has 96 valence electrons. The highest BCUT2D eigenvalue weighted by Gasteiger charge is 2.30. The molecule has 1 aromatic carbocycles. The van der Waals surface area contributed by atoms with E-state index in [-0.39, 0.29) is 11.8 Å². The van der Waals surface area contributed by atoms with E-state index in [0.717, 1.165) is 5.56 Å². The van der Waals surface area contributed by atoms with Gasteiger partial charge in [0.25, 0.3) is 0 Å². The molecule has 0 saturated heterocycles. The minimum atomic E-state index is -1.12. The van der Waals surface area contributed by atoms with Gasteiger partial charge in [-0.3, -0.25) is 4.79 Å². The number of carboxylic acid groups (broad SMARTS) is 1. The zero-order valence-corrected chi connectivity index (χ0v) is 10.9. The lowest BCUT2D eigenvalue weighted by Gasteiger charge is -2.24. The molecule has 0 radical (unpaired) electrons. The minimum absolute atomic E-state index is 0.0257. The van der Waals surface area contributed by atoms with E-state index < -0.39 is 12.0 Å². The monoisotopic (exact) mass is 267 g/mol. The normalized spacial score (nSPS) is 13.8. The van der Waals surface area contributed by atoms with Gasteiger partial charge in [0.1, 0.15) is 6.04 Å². The van der Waals surface area contributed by atoms with E-state index in [1.54, 1.807) is 24.3 Å². The quantitative estimate of drug-likeness (QED) is 0.499. The van der Waals surface area contributed by atoms with E-state index in [9.17, 15) is 4.79 Å². The van der Waals surface area contributed by atoms with Crippen molar-refractivity contribution in [3.05, 3.63) is 45.3 Å². The third-order valence-electron chi connectivity index (χ3n) is 2.74. The van der Waals surface area contributed by atoms with Gasteiger partial charge in [0.05, 0.1) is 0 Å². The zero-order chi connectivity index (χ0) is 13.7. The lowest BCUT2D eigenvalue weighted by atomic mass is 9.83. The summed E-state index contributed by atoms with van der Waals surface area (Å²) >= 11 is 5.80. The van der Waals surface area contributed by atoms with Gasteiger partial charge in [0.15, 0.2) is 0 Å². The van der Waals surface area contributed by atoms with Crippen molar-refractivity contribution in [1.82, 2.24) is 0 Å². The lowest BCUT2D eigenvalue weighted by Crippen LogP contribution is -2.29. The summed E-state index contributed by atoms with van der Waals surface area (Å²) in [7, 11) is 0. The number of nitrogens with zero attached hydrogens (tertiary/aromatic N) is 3. The summed E-state index contributed by atoms with van der Waals surface area (Å²) < 4.78 is 0. The Morgan fingerprint density at radius 1 is 1.39 bits per heavy atom. The number of rotatable bonds is 5. The number of hydrogen-bond acceptors (Lipinski definition) is 2. The molecule has 1 unspecified atom stereocenters. The molecule has 0 spiro atoms. The van der Waals surface area contributed by atoms with Crippen LogP contribution in [0.5, 0.6) is 0 Å². The molecule has 1 N–H and O–H groups in total. The lowest BCUT2D eigenvalue weighted by molar-refractivity contribution is -0.139. The van der Waals surface area contributed by atoms with Crippen LogP contribution in [0.25, 0.3) is 10.4 Å². The summed E-state index contributed by atoms with van der Waals surface area (Å²) in [5, 5.41) is 13.1. The topological polar surface area (TPSA) is 86.1 Å². The first-order valence-electron chi connectivity index (χ1n) is 5.49. The van der Waals surface area contributed by atoms with Gasteiger partial charge >= 0.3 is 5.97 Å². The average molecular weight is 268 g/mol. The first kappa shape index (κ1) is 14.4. The Labute approximate surface area is 110 Å². The maximum absolute atomic E-state index is 11.2. The molecule has 0 fully saturated rings. The van der Waals surface area contributed by atoms with Crippen LogP contribution in [-0.2, 0) is 4.79 Å². The molecule has 0 bridgehead atoms. The standard InChI is InChI=1S/C12H14ClN3O2/c1-7(2)10(11(12(17)18)15-16-14)8-3-5-9(13)6-4-8/h3-7,10-11H,1-2H3,(H,17,18)/t10-,11?/m1/s1. The number of halogens is 1. The summed E-state index contributed by atoms with van der Waals surface area (Å²) in [6.07, 6.45) is 0. The smallest absolute Gasteiger partial charge is 0.313 e. The van der Waals surface area contributed by atoms with Gasteiger partial charge in [-0.15, -0.1) is 0 Å². The Hall–Kier alpha value is -1.71. The fraction of sp³-hybridized carbons (Fsp3) is 0.417.